The van der Waals surface area contributed by atoms with Crippen molar-refractivity contribution in [2.75, 3.05) is 26.7 Å². The van der Waals surface area contributed by atoms with Crippen LogP contribution in [0.15, 0.2) is 22.7 Å². The molecule has 0 aliphatic carbocycles. The predicted molar refractivity (Wildman–Crippen MR) is 83.6 cm³/mol. The van der Waals surface area contributed by atoms with E-state index in [1.807, 2.05) is 6.07 Å². The number of carbonyl (C=O) groups excluding carboxylic acids is 2. The maximum absolute atomic E-state index is 12.2. The van der Waals surface area contributed by atoms with Crippen LogP contribution in [-0.2, 0) is 4.79 Å². The van der Waals surface area contributed by atoms with E-state index in [0.29, 0.717) is 23.8 Å². The van der Waals surface area contributed by atoms with Crippen LogP contribution in [0.1, 0.15) is 23.2 Å². The van der Waals surface area contributed by atoms with Crippen LogP contribution in [0.4, 0.5) is 0 Å². The molecule has 114 valence electrons. The number of benzene rings is 1. The number of Topliss-reactive ketones (excluding diaryl/α,β-unsaturated/α-hetero) is 1. The summed E-state index contributed by atoms with van der Waals surface area (Å²) in [6, 6.07) is 5.27. The van der Waals surface area contributed by atoms with Gasteiger partial charge in [0.25, 0.3) is 0 Å². The van der Waals surface area contributed by atoms with Gasteiger partial charge < -0.3 is 15.4 Å². The SMILES string of the molecule is COc1ccc(Br)cc1C(=O)CCC(=O)NCC1CNC1. The molecule has 5 nitrogen and oxygen atoms in total. The molecule has 1 aliphatic rings. The van der Waals surface area contributed by atoms with Crippen LogP contribution in [-0.4, -0.2) is 38.4 Å². The second-order valence-corrected chi connectivity index (χ2v) is 6.01. The first-order valence-electron chi connectivity index (χ1n) is 6.94. The van der Waals surface area contributed by atoms with E-state index in [1.165, 1.54) is 7.11 Å². The standard InChI is InChI=1S/C15H19BrN2O3/c1-21-14-4-2-11(16)6-12(14)13(19)3-5-15(20)18-9-10-7-17-8-10/h2,4,6,10,17H,3,5,7-9H2,1H3,(H,18,20). The van der Waals surface area contributed by atoms with Crippen LogP contribution < -0.4 is 15.4 Å². The number of methoxy groups -OCH3 is 1. The Balaban J connectivity index is 1.83. The monoisotopic (exact) mass is 354 g/mol. The van der Waals surface area contributed by atoms with Gasteiger partial charge in [0, 0.05) is 42.9 Å². The molecule has 1 aromatic rings. The maximum Gasteiger partial charge on any atom is 0.220 e. The fourth-order valence-corrected chi connectivity index (χ4v) is 2.46. The molecule has 0 atom stereocenters. The van der Waals surface area contributed by atoms with Crippen LogP contribution in [0.2, 0.25) is 0 Å². The van der Waals surface area contributed by atoms with E-state index in [1.54, 1.807) is 12.1 Å². The van der Waals surface area contributed by atoms with Crippen molar-refractivity contribution in [2.24, 2.45) is 5.92 Å². The van der Waals surface area contributed by atoms with E-state index in [-0.39, 0.29) is 24.5 Å². The van der Waals surface area contributed by atoms with Gasteiger partial charge in [-0.3, -0.25) is 9.59 Å². The molecule has 1 aromatic carbocycles. The van der Waals surface area contributed by atoms with Crippen LogP contribution in [0.25, 0.3) is 0 Å². The Morgan fingerprint density at radius 2 is 2.14 bits per heavy atom. The number of ether oxygens (including phenoxy) is 1. The van der Waals surface area contributed by atoms with Gasteiger partial charge in [-0.15, -0.1) is 0 Å². The van der Waals surface area contributed by atoms with Gasteiger partial charge in [-0.2, -0.15) is 0 Å². The summed E-state index contributed by atoms with van der Waals surface area (Å²) >= 11 is 3.34. The highest BCUT2D eigenvalue weighted by molar-refractivity contribution is 9.10. The Morgan fingerprint density at radius 1 is 1.38 bits per heavy atom. The number of rotatable bonds is 7. The van der Waals surface area contributed by atoms with Crippen molar-refractivity contribution < 1.29 is 14.3 Å². The number of nitrogens with one attached hydrogen (secondary N) is 2. The zero-order valence-corrected chi connectivity index (χ0v) is 13.5. The Hall–Kier alpha value is -1.40. The quantitative estimate of drug-likeness (QED) is 0.732. The normalized spacial score (nSPS) is 14.4. The first kappa shape index (κ1) is 16.0. The van der Waals surface area contributed by atoms with E-state index in [0.717, 1.165) is 17.6 Å². The molecule has 1 amide bonds. The van der Waals surface area contributed by atoms with Crippen molar-refractivity contribution in [1.82, 2.24) is 10.6 Å². The largest absolute Gasteiger partial charge is 0.496 e. The topological polar surface area (TPSA) is 67.4 Å². The summed E-state index contributed by atoms with van der Waals surface area (Å²) < 4.78 is 5.99. The number of halogens is 1. The highest BCUT2D eigenvalue weighted by atomic mass is 79.9. The molecular formula is C15H19BrN2O3. The van der Waals surface area contributed by atoms with Gasteiger partial charge in [0.05, 0.1) is 12.7 Å². The lowest BCUT2D eigenvalue weighted by Gasteiger charge is -2.27. The minimum absolute atomic E-state index is 0.0794. The Kier molecular flexibility index (Phi) is 5.76. The van der Waals surface area contributed by atoms with Crippen LogP contribution in [0, 0.1) is 5.92 Å². The summed E-state index contributed by atoms with van der Waals surface area (Å²) in [5.41, 5.74) is 0.503. The Bertz CT molecular complexity index is 530. The average molecular weight is 355 g/mol. The molecule has 1 heterocycles. The average Bonchev–Trinajstić information content (AvgIpc) is 2.43. The van der Waals surface area contributed by atoms with E-state index in [4.69, 9.17) is 4.74 Å². The van der Waals surface area contributed by atoms with Gasteiger partial charge >= 0.3 is 0 Å². The molecule has 0 bridgehead atoms. The third kappa shape index (κ3) is 4.54. The van der Waals surface area contributed by atoms with Crippen molar-refractivity contribution in [3.8, 4) is 5.75 Å². The van der Waals surface area contributed by atoms with Crippen molar-refractivity contribution >= 4 is 27.6 Å². The second kappa shape index (κ2) is 7.56. The third-order valence-electron chi connectivity index (χ3n) is 3.49. The van der Waals surface area contributed by atoms with Gasteiger partial charge in [0.15, 0.2) is 5.78 Å². The molecule has 2 rings (SSSR count). The van der Waals surface area contributed by atoms with E-state index in [9.17, 15) is 9.59 Å². The molecule has 1 saturated heterocycles. The summed E-state index contributed by atoms with van der Waals surface area (Å²) in [6.07, 6.45) is 0.385. The molecule has 1 aliphatic heterocycles. The molecule has 1 fully saturated rings. The van der Waals surface area contributed by atoms with Gasteiger partial charge in [-0.1, -0.05) is 15.9 Å². The number of hydrogen-bond acceptors (Lipinski definition) is 4. The number of ketones is 1. The summed E-state index contributed by atoms with van der Waals surface area (Å²) in [5.74, 6) is 0.886. The molecular weight excluding hydrogens is 336 g/mol. The highest BCUT2D eigenvalue weighted by Gasteiger charge is 2.18. The maximum atomic E-state index is 12.2. The fraction of sp³-hybridized carbons (Fsp3) is 0.467. The zero-order valence-electron chi connectivity index (χ0n) is 11.9. The minimum atomic E-state index is -0.0892. The molecule has 0 aromatic heterocycles. The van der Waals surface area contributed by atoms with Crippen LogP contribution in [0.5, 0.6) is 5.75 Å². The van der Waals surface area contributed by atoms with Crippen LogP contribution >= 0.6 is 15.9 Å². The predicted octanol–water partition coefficient (Wildman–Crippen LogP) is 1.76. The minimum Gasteiger partial charge on any atom is -0.496 e. The Labute approximate surface area is 132 Å². The van der Waals surface area contributed by atoms with Crippen molar-refractivity contribution in [3.63, 3.8) is 0 Å². The first-order chi connectivity index (χ1) is 10.1. The second-order valence-electron chi connectivity index (χ2n) is 5.10. The third-order valence-corrected chi connectivity index (χ3v) is 3.99. The van der Waals surface area contributed by atoms with Crippen molar-refractivity contribution in [2.45, 2.75) is 12.8 Å². The summed E-state index contributed by atoms with van der Waals surface area (Å²) in [4.78, 5) is 23.9. The van der Waals surface area contributed by atoms with E-state index in [2.05, 4.69) is 26.6 Å². The van der Waals surface area contributed by atoms with Gasteiger partial charge in [-0.25, -0.2) is 0 Å². The summed E-state index contributed by atoms with van der Waals surface area (Å²) in [7, 11) is 1.53. The fourth-order valence-electron chi connectivity index (χ4n) is 2.10. The summed E-state index contributed by atoms with van der Waals surface area (Å²) in [6.45, 7) is 2.59. The zero-order chi connectivity index (χ0) is 15.2. The van der Waals surface area contributed by atoms with E-state index < -0.39 is 0 Å². The number of carbonyl (C=O) groups is 2. The smallest absolute Gasteiger partial charge is 0.220 e. The summed E-state index contributed by atoms with van der Waals surface area (Å²) in [5, 5.41) is 6.01. The molecule has 0 saturated carbocycles. The molecule has 0 radical (unpaired) electrons. The van der Waals surface area contributed by atoms with Crippen molar-refractivity contribution in [3.05, 3.63) is 28.2 Å². The van der Waals surface area contributed by atoms with Gasteiger partial charge in [0.1, 0.15) is 5.75 Å². The molecule has 6 heteroatoms. The first-order valence-corrected chi connectivity index (χ1v) is 7.73. The lowest BCUT2D eigenvalue weighted by molar-refractivity contribution is -0.121. The van der Waals surface area contributed by atoms with Gasteiger partial charge in [-0.05, 0) is 18.2 Å². The van der Waals surface area contributed by atoms with Gasteiger partial charge in [0.2, 0.25) is 5.91 Å². The lowest BCUT2D eigenvalue weighted by atomic mass is 10.0. The van der Waals surface area contributed by atoms with E-state index >= 15 is 0 Å². The van der Waals surface area contributed by atoms with Crippen molar-refractivity contribution in [1.29, 1.82) is 0 Å². The highest BCUT2D eigenvalue weighted by Crippen LogP contribution is 2.24. The Morgan fingerprint density at radius 3 is 2.76 bits per heavy atom. The molecule has 21 heavy (non-hydrogen) atoms. The molecule has 0 unspecified atom stereocenters. The lowest BCUT2D eigenvalue weighted by Crippen LogP contribution is -2.48. The molecule has 0 spiro atoms. The molecule has 2 N–H and O–H groups in total. The number of amides is 1. The number of hydrogen-bond donors (Lipinski definition) is 2. The van der Waals surface area contributed by atoms with Crippen LogP contribution in [0.3, 0.4) is 0 Å².